The van der Waals surface area contributed by atoms with E-state index in [4.69, 9.17) is 9.84 Å². The molecule has 0 saturated carbocycles. The Morgan fingerprint density at radius 3 is 2.23 bits per heavy atom. The van der Waals surface area contributed by atoms with E-state index in [9.17, 15) is 18.8 Å². The maximum absolute atomic E-state index is 14.5. The van der Waals surface area contributed by atoms with E-state index in [0.29, 0.717) is 0 Å². The van der Waals surface area contributed by atoms with E-state index in [1.54, 1.807) is 6.92 Å². The second kappa shape index (κ2) is 10.4. The standard InChI is InChI=1S/C27H25FN2O5/c1-16(12-25(31)32)14-29-26(33)17-10-11-24(23(28)13-17)30-27(34)35-15-22-20-8-4-2-6-18(20)19-7-3-5-9-21(19)22/h2-11,13,16,22H,12,14-15H2,1H3,(H,29,33)(H,30,34)(H,31,32). The quantitative estimate of drug-likeness (QED) is 0.423. The number of hydrogen-bond donors (Lipinski definition) is 3. The van der Waals surface area contributed by atoms with E-state index in [1.807, 2.05) is 48.5 Å². The molecule has 3 aromatic rings. The van der Waals surface area contributed by atoms with E-state index < -0.39 is 23.8 Å². The number of nitrogens with one attached hydrogen (secondary N) is 2. The van der Waals surface area contributed by atoms with Gasteiger partial charge in [-0.3, -0.25) is 14.9 Å². The molecule has 0 heterocycles. The zero-order valence-corrected chi connectivity index (χ0v) is 19.1. The third-order valence-electron chi connectivity index (χ3n) is 5.95. The Kier molecular flexibility index (Phi) is 7.10. The Balaban J connectivity index is 1.35. The zero-order valence-electron chi connectivity index (χ0n) is 19.1. The Bertz CT molecular complexity index is 1230. The molecule has 35 heavy (non-hydrogen) atoms. The van der Waals surface area contributed by atoms with E-state index in [2.05, 4.69) is 10.6 Å². The number of amides is 2. The van der Waals surface area contributed by atoms with Crippen molar-refractivity contribution in [3.05, 3.63) is 89.2 Å². The van der Waals surface area contributed by atoms with Crippen LogP contribution in [0.15, 0.2) is 66.7 Å². The molecular formula is C27H25FN2O5. The summed E-state index contributed by atoms with van der Waals surface area (Å²) in [4.78, 5) is 35.4. The maximum Gasteiger partial charge on any atom is 0.411 e. The number of aliphatic carboxylic acids is 1. The van der Waals surface area contributed by atoms with Crippen LogP contribution in [0.2, 0.25) is 0 Å². The lowest BCUT2D eigenvalue weighted by Crippen LogP contribution is -2.29. The number of anilines is 1. The van der Waals surface area contributed by atoms with Gasteiger partial charge in [0.15, 0.2) is 0 Å². The molecule has 0 saturated heterocycles. The second-order valence-corrected chi connectivity index (χ2v) is 8.56. The highest BCUT2D eigenvalue weighted by Crippen LogP contribution is 2.44. The van der Waals surface area contributed by atoms with Crippen LogP contribution >= 0.6 is 0 Å². The Labute approximate surface area is 201 Å². The van der Waals surface area contributed by atoms with Crippen LogP contribution < -0.4 is 10.6 Å². The van der Waals surface area contributed by atoms with Crippen molar-refractivity contribution in [1.29, 1.82) is 0 Å². The summed E-state index contributed by atoms with van der Waals surface area (Å²) in [5.41, 5.74) is 4.30. The molecule has 1 aliphatic rings. The molecule has 3 N–H and O–H groups in total. The van der Waals surface area contributed by atoms with Crippen LogP contribution in [-0.2, 0) is 9.53 Å². The second-order valence-electron chi connectivity index (χ2n) is 8.56. The molecule has 0 spiro atoms. The van der Waals surface area contributed by atoms with Gasteiger partial charge >= 0.3 is 12.1 Å². The summed E-state index contributed by atoms with van der Waals surface area (Å²) in [6.07, 6.45) is -0.886. The first-order valence-electron chi connectivity index (χ1n) is 11.2. The number of rotatable bonds is 8. The summed E-state index contributed by atoms with van der Waals surface area (Å²) in [5.74, 6) is -2.66. The minimum Gasteiger partial charge on any atom is -0.481 e. The summed E-state index contributed by atoms with van der Waals surface area (Å²) in [5, 5.41) is 13.7. The van der Waals surface area contributed by atoms with Gasteiger partial charge in [-0.1, -0.05) is 55.5 Å². The van der Waals surface area contributed by atoms with Crippen molar-refractivity contribution in [3.63, 3.8) is 0 Å². The Morgan fingerprint density at radius 1 is 1.00 bits per heavy atom. The van der Waals surface area contributed by atoms with Gasteiger partial charge < -0.3 is 15.2 Å². The molecule has 0 radical (unpaired) electrons. The van der Waals surface area contributed by atoms with E-state index in [1.165, 1.54) is 12.1 Å². The normalized spacial score (nSPS) is 12.9. The van der Waals surface area contributed by atoms with E-state index in [0.717, 1.165) is 28.3 Å². The third kappa shape index (κ3) is 5.48. The van der Waals surface area contributed by atoms with Crippen LogP contribution in [0.1, 0.15) is 40.7 Å². The van der Waals surface area contributed by atoms with Gasteiger partial charge in [-0.05, 0) is 46.4 Å². The third-order valence-corrected chi connectivity index (χ3v) is 5.95. The van der Waals surface area contributed by atoms with Gasteiger partial charge in [0.1, 0.15) is 12.4 Å². The van der Waals surface area contributed by atoms with Crippen LogP contribution in [0.3, 0.4) is 0 Å². The summed E-state index contributed by atoms with van der Waals surface area (Å²) >= 11 is 0. The fraction of sp³-hybridized carbons (Fsp3) is 0.222. The predicted molar refractivity (Wildman–Crippen MR) is 129 cm³/mol. The number of carbonyl (C=O) groups is 3. The number of hydrogen-bond acceptors (Lipinski definition) is 4. The van der Waals surface area contributed by atoms with Gasteiger partial charge in [0.2, 0.25) is 0 Å². The van der Waals surface area contributed by atoms with Crippen molar-refractivity contribution < 1.29 is 28.6 Å². The molecule has 0 fully saturated rings. The van der Waals surface area contributed by atoms with Crippen LogP contribution in [-0.4, -0.2) is 36.2 Å². The zero-order chi connectivity index (χ0) is 24.9. The van der Waals surface area contributed by atoms with Gasteiger partial charge in [-0.25, -0.2) is 9.18 Å². The van der Waals surface area contributed by atoms with Crippen molar-refractivity contribution in [2.75, 3.05) is 18.5 Å². The molecule has 0 aliphatic heterocycles. The number of benzene rings is 3. The molecular weight excluding hydrogens is 451 g/mol. The van der Waals surface area contributed by atoms with Crippen LogP contribution in [0, 0.1) is 11.7 Å². The molecule has 180 valence electrons. The predicted octanol–water partition coefficient (Wildman–Crippen LogP) is 5.03. The van der Waals surface area contributed by atoms with Crippen molar-refractivity contribution in [2.45, 2.75) is 19.3 Å². The Hall–Kier alpha value is -4.20. The maximum atomic E-state index is 14.5. The minimum atomic E-state index is -0.957. The average Bonchev–Trinajstić information content (AvgIpc) is 3.16. The van der Waals surface area contributed by atoms with E-state index in [-0.39, 0.29) is 42.7 Å². The molecule has 1 aliphatic carbocycles. The lowest BCUT2D eigenvalue weighted by molar-refractivity contribution is -0.137. The largest absolute Gasteiger partial charge is 0.481 e. The SMILES string of the molecule is CC(CNC(=O)c1ccc(NC(=O)OCC2c3ccccc3-c3ccccc32)c(F)c1)CC(=O)O. The van der Waals surface area contributed by atoms with Gasteiger partial charge in [0.25, 0.3) is 5.91 Å². The fourth-order valence-electron chi connectivity index (χ4n) is 4.24. The lowest BCUT2D eigenvalue weighted by Gasteiger charge is -2.15. The van der Waals surface area contributed by atoms with Crippen molar-refractivity contribution in [1.82, 2.24) is 5.32 Å². The first-order valence-corrected chi connectivity index (χ1v) is 11.2. The highest BCUT2D eigenvalue weighted by atomic mass is 19.1. The smallest absolute Gasteiger partial charge is 0.411 e. The molecule has 1 unspecified atom stereocenters. The van der Waals surface area contributed by atoms with Gasteiger partial charge in [-0.2, -0.15) is 0 Å². The summed E-state index contributed by atoms with van der Waals surface area (Å²) in [6.45, 7) is 1.93. The monoisotopic (exact) mass is 476 g/mol. The number of carboxylic acids is 1. The summed E-state index contributed by atoms with van der Waals surface area (Å²) < 4.78 is 20.0. The number of halogens is 1. The fourth-order valence-corrected chi connectivity index (χ4v) is 4.24. The first-order chi connectivity index (χ1) is 16.8. The van der Waals surface area contributed by atoms with Gasteiger partial charge in [0, 0.05) is 24.4 Å². The average molecular weight is 477 g/mol. The van der Waals surface area contributed by atoms with Crippen molar-refractivity contribution >= 4 is 23.7 Å². The summed E-state index contributed by atoms with van der Waals surface area (Å²) in [6, 6.07) is 19.6. The Morgan fingerprint density at radius 2 is 1.63 bits per heavy atom. The highest BCUT2D eigenvalue weighted by Gasteiger charge is 2.29. The molecule has 8 heteroatoms. The number of carboxylic acid groups (broad SMARTS) is 1. The van der Waals surface area contributed by atoms with Gasteiger partial charge in [0.05, 0.1) is 5.69 Å². The van der Waals surface area contributed by atoms with Crippen molar-refractivity contribution in [3.8, 4) is 11.1 Å². The minimum absolute atomic E-state index is 0.0584. The molecule has 1 atom stereocenters. The highest BCUT2D eigenvalue weighted by molar-refractivity contribution is 5.95. The lowest BCUT2D eigenvalue weighted by atomic mass is 9.98. The van der Waals surface area contributed by atoms with E-state index >= 15 is 0 Å². The number of carbonyl (C=O) groups excluding carboxylic acids is 2. The number of fused-ring (bicyclic) bond motifs is 3. The van der Waals surface area contributed by atoms with Crippen molar-refractivity contribution in [2.24, 2.45) is 5.92 Å². The molecule has 4 rings (SSSR count). The number of ether oxygens (including phenoxy) is 1. The summed E-state index contributed by atoms with van der Waals surface area (Å²) in [7, 11) is 0. The molecule has 7 nitrogen and oxygen atoms in total. The molecule has 2 amide bonds. The van der Waals surface area contributed by atoms with Crippen LogP contribution in [0.4, 0.5) is 14.9 Å². The topological polar surface area (TPSA) is 105 Å². The van der Waals surface area contributed by atoms with Crippen LogP contribution in [0.25, 0.3) is 11.1 Å². The molecule has 3 aromatic carbocycles. The molecule has 0 aromatic heterocycles. The first kappa shape index (κ1) is 23.9. The molecule has 0 bridgehead atoms. The van der Waals surface area contributed by atoms with Gasteiger partial charge in [-0.15, -0.1) is 0 Å². The van der Waals surface area contributed by atoms with Crippen LogP contribution in [0.5, 0.6) is 0 Å².